The molecule has 2 N–H and O–H groups in total. The van der Waals surface area contributed by atoms with Crippen molar-refractivity contribution in [1.29, 1.82) is 0 Å². The topological polar surface area (TPSA) is 79.2 Å². The Morgan fingerprint density at radius 1 is 1.15 bits per heavy atom. The first kappa shape index (κ1) is 26.4. The Labute approximate surface area is 199 Å². The molecule has 1 unspecified atom stereocenters. The lowest BCUT2D eigenvalue weighted by atomic mass is 9.68. The van der Waals surface area contributed by atoms with Crippen molar-refractivity contribution >= 4 is 6.09 Å². The molecule has 3 rings (SSSR count). The monoisotopic (exact) mass is 487 g/mol. The van der Waals surface area contributed by atoms with Crippen LogP contribution in [0.25, 0.3) is 0 Å². The Balaban J connectivity index is 1.77. The molecule has 192 valence electrons. The van der Waals surface area contributed by atoms with E-state index < -0.39 is 35.0 Å². The molecular weight excluding hydrogens is 451 g/mol. The number of aromatic hydroxyl groups is 1. The van der Waals surface area contributed by atoms with Crippen molar-refractivity contribution in [1.82, 2.24) is 4.90 Å². The van der Waals surface area contributed by atoms with E-state index in [-0.39, 0.29) is 12.0 Å². The summed E-state index contributed by atoms with van der Waals surface area (Å²) in [4.78, 5) is 14.1. The highest BCUT2D eigenvalue weighted by molar-refractivity contribution is 5.68. The second-order valence-electron chi connectivity index (χ2n) is 10.6. The molecule has 0 spiro atoms. The molecule has 1 aliphatic heterocycles. The van der Waals surface area contributed by atoms with Crippen LogP contribution >= 0.6 is 0 Å². The Morgan fingerprint density at radius 3 is 2.32 bits per heavy atom. The van der Waals surface area contributed by atoms with Gasteiger partial charge in [-0.2, -0.15) is 0 Å². The van der Waals surface area contributed by atoms with E-state index in [0.717, 1.165) is 32.1 Å². The van der Waals surface area contributed by atoms with Crippen LogP contribution in [0.5, 0.6) is 11.5 Å². The summed E-state index contributed by atoms with van der Waals surface area (Å²) in [7, 11) is 0. The third-order valence-electron chi connectivity index (χ3n) is 6.82. The molecule has 0 bridgehead atoms. The summed E-state index contributed by atoms with van der Waals surface area (Å²) < 4.78 is 48.0. The van der Waals surface area contributed by atoms with Gasteiger partial charge in [-0.15, -0.1) is 13.2 Å². The number of carbonyl (C=O) groups is 1. The number of benzene rings is 1. The maximum absolute atomic E-state index is 12.8. The number of piperidine rings is 1. The van der Waals surface area contributed by atoms with Gasteiger partial charge in [0.1, 0.15) is 5.60 Å². The van der Waals surface area contributed by atoms with Gasteiger partial charge in [0.25, 0.3) is 0 Å². The first-order chi connectivity index (χ1) is 15.8. The van der Waals surface area contributed by atoms with E-state index in [1.54, 1.807) is 11.0 Å². The predicted octanol–water partition coefficient (Wildman–Crippen LogP) is 6.11. The number of carbonyl (C=O) groups excluding carboxylic acids is 1. The van der Waals surface area contributed by atoms with E-state index in [0.29, 0.717) is 37.9 Å². The summed E-state index contributed by atoms with van der Waals surface area (Å²) in [6.07, 6.45) is 0.613. The molecule has 1 saturated heterocycles. The fourth-order valence-corrected chi connectivity index (χ4v) is 5.14. The van der Waals surface area contributed by atoms with Crippen LogP contribution in [0, 0.1) is 5.92 Å². The summed E-state index contributed by atoms with van der Waals surface area (Å²) in [5.41, 5.74) is -1.08. The van der Waals surface area contributed by atoms with Gasteiger partial charge in [-0.3, -0.25) is 0 Å². The maximum Gasteiger partial charge on any atom is 0.573 e. The molecule has 1 atom stereocenters. The Morgan fingerprint density at radius 2 is 1.76 bits per heavy atom. The van der Waals surface area contributed by atoms with Crippen LogP contribution in [-0.4, -0.2) is 51.9 Å². The fourth-order valence-electron chi connectivity index (χ4n) is 5.14. The standard InChI is InChI=1S/C25H36F3NO5/c1-23(2,3)34-22(31)29-13-9-17(10-14-29)15-19(24(32)11-5-4-6-12-24)18-7-8-20(30)21(16-18)33-25(26,27)28/h7-8,16-17,19,30,32H,4-6,9-15H2,1-3H3. The van der Waals surface area contributed by atoms with E-state index in [4.69, 9.17) is 4.74 Å². The molecule has 1 saturated carbocycles. The molecular formula is C25H36F3NO5. The molecule has 1 aromatic rings. The number of amides is 1. The number of likely N-dealkylation sites (tertiary alicyclic amines) is 1. The minimum Gasteiger partial charge on any atom is -0.504 e. The van der Waals surface area contributed by atoms with Crippen molar-refractivity contribution in [3.63, 3.8) is 0 Å². The van der Waals surface area contributed by atoms with Gasteiger partial charge in [-0.1, -0.05) is 25.3 Å². The van der Waals surface area contributed by atoms with Crippen LogP contribution in [0.2, 0.25) is 0 Å². The van der Waals surface area contributed by atoms with Gasteiger partial charge in [-0.05, 0) is 76.5 Å². The molecule has 9 heteroatoms. The summed E-state index contributed by atoms with van der Waals surface area (Å²) in [6, 6.07) is 3.97. The van der Waals surface area contributed by atoms with Crippen LogP contribution < -0.4 is 4.74 Å². The smallest absolute Gasteiger partial charge is 0.504 e. The number of halogens is 3. The van der Waals surface area contributed by atoms with Crippen molar-refractivity contribution in [2.75, 3.05) is 13.1 Å². The second-order valence-corrected chi connectivity index (χ2v) is 10.6. The number of phenolic OH excluding ortho intramolecular Hbond substituents is 1. The highest BCUT2D eigenvalue weighted by atomic mass is 19.4. The van der Waals surface area contributed by atoms with Gasteiger partial charge < -0.3 is 24.6 Å². The van der Waals surface area contributed by atoms with Crippen molar-refractivity contribution in [2.24, 2.45) is 5.92 Å². The molecule has 34 heavy (non-hydrogen) atoms. The van der Waals surface area contributed by atoms with Gasteiger partial charge in [0.15, 0.2) is 11.5 Å². The number of aliphatic hydroxyl groups is 1. The van der Waals surface area contributed by atoms with E-state index in [9.17, 15) is 28.2 Å². The number of alkyl halides is 3. The largest absolute Gasteiger partial charge is 0.573 e. The lowest BCUT2D eigenvalue weighted by molar-refractivity contribution is -0.275. The van der Waals surface area contributed by atoms with Crippen LogP contribution in [0.3, 0.4) is 0 Å². The minimum atomic E-state index is -4.93. The van der Waals surface area contributed by atoms with Gasteiger partial charge >= 0.3 is 12.5 Å². The number of ether oxygens (including phenoxy) is 2. The zero-order valence-electron chi connectivity index (χ0n) is 20.2. The Hall–Kier alpha value is -2.16. The zero-order chi connectivity index (χ0) is 25.1. The predicted molar refractivity (Wildman–Crippen MR) is 121 cm³/mol. The third-order valence-corrected chi connectivity index (χ3v) is 6.82. The molecule has 2 aliphatic rings. The summed E-state index contributed by atoms with van der Waals surface area (Å²) >= 11 is 0. The molecule has 1 heterocycles. The van der Waals surface area contributed by atoms with Crippen LogP contribution in [-0.2, 0) is 4.74 Å². The number of nitrogens with zero attached hydrogens (tertiary/aromatic N) is 1. The van der Waals surface area contributed by atoms with Crippen LogP contribution in [0.4, 0.5) is 18.0 Å². The lowest BCUT2D eigenvalue weighted by Gasteiger charge is -2.42. The van der Waals surface area contributed by atoms with Gasteiger partial charge in [0, 0.05) is 19.0 Å². The summed E-state index contributed by atoms with van der Waals surface area (Å²) in [6.45, 7) is 6.52. The van der Waals surface area contributed by atoms with Crippen molar-refractivity contribution in [3.8, 4) is 11.5 Å². The molecule has 6 nitrogen and oxygen atoms in total. The van der Waals surface area contributed by atoms with E-state index in [2.05, 4.69) is 4.74 Å². The quantitative estimate of drug-likeness (QED) is 0.524. The SMILES string of the molecule is CC(C)(C)OC(=O)N1CCC(CC(c2ccc(O)c(OC(F)(F)F)c2)C2(O)CCCCC2)CC1. The normalized spacial score (nSPS) is 20.6. The molecule has 2 fully saturated rings. The number of rotatable bonds is 5. The fraction of sp³-hybridized carbons (Fsp3) is 0.720. The number of hydrogen-bond donors (Lipinski definition) is 2. The highest BCUT2D eigenvalue weighted by Gasteiger charge is 2.41. The Bertz CT molecular complexity index is 838. The average Bonchev–Trinajstić information content (AvgIpc) is 2.72. The van der Waals surface area contributed by atoms with E-state index in [1.807, 2.05) is 20.8 Å². The van der Waals surface area contributed by atoms with Gasteiger partial charge in [0.05, 0.1) is 5.60 Å². The first-order valence-corrected chi connectivity index (χ1v) is 12.0. The van der Waals surface area contributed by atoms with Crippen LogP contribution in [0.1, 0.15) is 83.6 Å². The molecule has 1 aromatic carbocycles. The summed E-state index contributed by atoms with van der Waals surface area (Å²) in [5.74, 6) is -1.47. The summed E-state index contributed by atoms with van der Waals surface area (Å²) in [5, 5.41) is 21.5. The van der Waals surface area contributed by atoms with Crippen LogP contribution in [0.15, 0.2) is 18.2 Å². The minimum absolute atomic E-state index is 0.190. The average molecular weight is 488 g/mol. The zero-order valence-corrected chi connectivity index (χ0v) is 20.2. The molecule has 0 aromatic heterocycles. The van der Waals surface area contributed by atoms with Gasteiger partial charge in [0.2, 0.25) is 0 Å². The highest BCUT2D eigenvalue weighted by Crippen LogP contribution is 2.46. The van der Waals surface area contributed by atoms with E-state index in [1.165, 1.54) is 12.1 Å². The lowest BCUT2D eigenvalue weighted by Crippen LogP contribution is -2.43. The van der Waals surface area contributed by atoms with Crippen molar-refractivity contribution < 1.29 is 37.7 Å². The Kier molecular flexibility index (Phi) is 7.95. The number of hydrogen-bond acceptors (Lipinski definition) is 5. The first-order valence-electron chi connectivity index (χ1n) is 12.0. The molecule has 1 amide bonds. The molecule has 0 radical (unpaired) electrons. The third kappa shape index (κ3) is 7.17. The van der Waals surface area contributed by atoms with Gasteiger partial charge in [-0.25, -0.2) is 4.79 Å². The maximum atomic E-state index is 12.8. The number of phenols is 1. The molecule has 1 aliphatic carbocycles. The second kappa shape index (κ2) is 10.2. The van der Waals surface area contributed by atoms with E-state index >= 15 is 0 Å². The van der Waals surface area contributed by atoms with Crippen molar-refractivity contribution in [3.05, 3.63) is 23.8 Å². The van der Waals surface area contributed by atoms with Crippen molar-refractivity contribution in [2.45, 2.75) is 95.6 Å².